The summed E-state index contributed by atoms with van der Waals surface area (Å²) < 4.78 is 6.93. The summed E-state index contributed by atoms with van der Waals surface area (Å²) in [5.74, 6) is 0.716. The molecule has 2 aliphatic heterocycles. The van der Waals surface area contributed by atoms with E-state index < -0.39 is 10.8 Å². The van der Waals surface area contributed by atoms with Crippen molar-refractivity contribution >= 4 is 51.1 Å². The van der Waals surface area contributed by atoms with Crippen LogP contribution in [-0.4, -0.2) is 46.6 Å². The number of amides is 1. The minimum Gasteiger partial charge on any atom is -0.428 e. The van der Waals surface area contributed by atoms with E-state index >= 15 is 0 Å². The first-order valence-electron chi connectivity index (χ1n) is 12.1. The smallest absolute Gasteiger partial charge is 0.297 e. The molecule has 0 bridgehead atoms. The molecule has 1 amide bonds. The Kier molecular flexibility index (Phi) is 6.92. The molecule has 9 heteroatoms. The van der Waals surface area contributed by atoms with Gasteiger partial charge in [0.25, 0.3) is 6.02 Å². The predicted molar refractivity (Wildman–Crippen MR) is 148 cm³/mol. The van der Waals surface area contributed by atoms with Crippen LogP contribution >= 0.6 is 27.5 Å². The van der Waals surface area contributed by atoms with E-state index in [2.05, 4.69) is 55.6 Å². The number of carbonyl (C=O) groups excluding carboxylic acids is 1. The van der Waals surface area contributed by atoms with Crippen molar-refractivity contribution in [3.05, 3.63) is 71.0 Å². The highest BCUT2D eigenvalue weighted by atomic mass is 79.9. The van der Waals surface area contributed by atoms with E-state index in [1.165, 1.54) is 0 Å². The second-order valence-electron chi connectivity index (χ2n) is 9.80. The quantitative estimate of drug-likeness (QED) is 0.482. The number of allylic oxidation sites excluding steroid dienone is 7. The van der Waals surface area contributed by atoms with Gasteiger partial charge in [-0.2, -0.15) is 0 Å². The Morgan fingerprint density at radius 3 is 2.78 bits per heavy atom. The van der Waals surface area contributed by atoms with Gasteiger partial charge in [0, 0.05) is 22.0 Å². The number of ether oxygens (including phenoxy) is 1. The summed E-state index contributed by atoms with van der Waals surface area (Å²) >= 11 is 10.4. The predicted octanol–water partition coefficient (Wildman–Crippen LogP) is 4.70. The third-order valence-corrected chi connectivity index (χ3v) is 8.29. The van der Waals surface area contributed by atoms with E-state index in [4.69, 9.17) is 21.3 Å². The van der Waals surface area contributed by atoms with Gasteiger partial charge in [0.2, 0.25) is 11.9 Å². The number of aliphatic imine (C=N–C) groups is 3. The second kappa shape index (κ2) is 9.98. The van der Waals surface area contributed by atoms with E-state index in [0.717, 1.165) is 16.7 Å². The Balaban J connectivity index is 1.40. The van der Waals surface area contributed by atoms with Crippen molar-refractivity contribution in [3.8, 4) is 0 Å². The number of hydrogen-bond donors (Lipinski definition) is 2. The molecule has 3 aliphatic carbocycles. The van der Waals surface area contributed by atoms with E-state index in [1.54, 1.807) is 0 Å². The Morgan fingerprint density at radius 2 is 2.03 bits per heavy atom. The number of rotatable bonds is 3. The van der Waals surface area contributed by atoms with Gasteiger partial charge in [0.15, 0.2) is 0 Å². The van der Waals surface area contributed by atoms with Gasteiger partial charge < -0.3 is 10.1 Å². The lowest BCUT2D eigenvalue weighted by Gasteiger charge is -2.36. The average Bonchev–Trinajstić information content (AvgIpc) is 3.24. The molecule has 0 saturated carbocycles. The van der Waals surface area contributed by atoms with E-state index in [0.29, 0.717) is 17.7 Å². The van der Waals surface area contributed by atoms with Gasteiger partial charge >= 0.3 is 0 Å². The maximum atomic E-state index is 13.7. The van der Waals surface area contributed by atoms with Gasteiger partial charge in [0.1, 0.15) is 11.8 Å². The van der Waals surface area contributed by atoms with Crippen LogP contribution in [0.5, 0.6) is 0 Å². The molecule has 0 fully saturated rings. The first-order valence-corrected chi connectivity index (χ1v) is 13.3. The van der Waals surface area contributed by atoms with Crippen LogP contribution in [0.3, 0.4) is 0 Å². The molecular weight excluding hydrogens is 542 g/mol. The maximum absolute atomic E-state index is 13.7. The fourth-order valence-electron chi connectivity index (χ4n) is 5.00. The van der Waals surface area contributed by atoms with Gasteiger partial charge in [-0.3, -0.25) is 10.1 Å². The van der Waals surface area contributed by atoms with Crippen LogP contribution in [0.25, 0.3) is 0 Å². The van der Waals surface area contributed by atoms with Gasteiger partial charge in [-0.1, -0.05) is 77.5 Å². The highest BCUT2D eigenvalue weighted by Gasteiger charge is 2.42. The van der Waals surface area contributed by atoms with Gasteiger partial charge in [-0.15, -0.1) is 11.6 Å². The van der Waals surface area contributed by atoms with Crippen molar-refractivity contribution in [3.63, 3.8) is 0 Å². The summed E-state index contributed by atoms with van der Waals surface area (Å²) in [4.78, 5) is 27.2. The zero-order chi connectivity index (χ0) is 25.4. The summed E-state index contributed by atoms with van der Waals surface area (Å²) in [6.45, 7) is 5.86. The minimum atomic E-state index is -0.709. The average molecular weight is 571 g/mol. The third kappa shape index (κ3) is 4.93. The molecule has 2 heterocycles. The molecule has 7 nitrogen and oxygen atoms in total. The largest absolute Gasteiger partial charge is 0.428 e. The molecule has 0 aromatic carbocycles. The Bertz CT molecular complexity index is 1220. The highest BCUT2D eigenvalue weighted by molar-refractivity contribution is 9.11. The highest BCUT2D eigenvalue weighted by Crippen LogP contribution is 2.36. The summed E-state index contributed by atoms with van der Waals surface area (Å²) in [5.41, 5.74) is 0.668. The van der Waals surface area contributed by atoms with Gasteiger partial charge in [-0.05, 0) is 26.3 Å². The van der Waals surface area contributed by atoms with E-state index in [9.17, 15) is 4.79 Å². The summed E-state index contributed by atoms with van der Waals surface area (Å²) in [7, 11) is 0. The SMILES string of the molecule is CC1=NC(NC2=NC3C(=CC=CC3C)O2)=NC(C2CC=CC=C2Br)C1C(=O)NC1C=CC=CC1(C)Cl. The molecule has 7 atom stereocenters. The zero-order valence-electron chi connectivity index (χ0n) is 20.4. The van der Waals surface area contributed by atoms with Gasteiger partial charge in [-0.25, -0.2) is 15.0 Å². The van der Waals surface area contributed by atoms with E-state index in [-0.39, 0.29) is 35.9 Å². The number of carbonyl (C=O) groups is 1. The number of nitrogens with zero attached hydrogens (tertiary/aromatic N) is 3. The molecule has 36 heavy (non-hydrogen) atoms. The monoisotopic (exact) mass is 569 g/mol. The van der Waals surface area contributed by atoms with Crippen LogP contribution in [0, 0.1) is 17.8 Å². The normalized spacial score (nSPS) is 36.6. The first-order chi connectivity index (χ1) is 17.2. The molecule has 0 radical (unpaired) electrons. The number of alkyl halides is 1. The molecule has 0 spiro atoms. The fourth-order valence-corrected chi connectivity index (χ4v) is 5.81. The van der Waals surface area contributed by atoms with Crippen LogP contribution in [-0.2, 0) is 9.53 Å². The Morgan fingerprint density at radius 1 is 1.19 bits per heavy atom. The maximum Gasteiger partial charge on any atom is 0.297 e. The molecule has 7 unspecified atom stereocenters. The Hall–Kier alpha value is -2.71. The van der Waals surface area contributed by atoms with Crippen LogP contribution in [0.4, 0.5) is 0 Å². The van der Waals surface area contributed by atoms with Crippen molar-refractivity contribution in [1.82, 2.24) is 10.6 Å². The molecule has 2 N–H and O–H groups in total. The lowest BCUT2D eigenvalue weighted by Crippen LogP contribution is -2.53. The lowest BCUT2D eigenvalue weighted by molar-refractivity contribution is -0.124. The standard InChI is InChI=1S/C27H29BrClN5O2/c1-15-9-8-12-19-22(15)33-26(36-19)34-25-30-16(2)21(23(32-25)17-10-4-5-11-18(17)28)24(35)31-20-13-6-7-14-27(20,3)29/h4-9,11-15,17,20-23H,10H2,1-3H3,(H,31,35)(H,32,33,34). The zero-order valence-corrected chi connectivity index (χ0v) is 22.7. The number of guanidine groups is 1. The van der Waals surface area contributed by atoms with Crippen LogP contribution in [0.15, 0.2) is 86.0 Å². The van der Waals surface area contributed by atoms with Crippen LogP contribution in [0.1, 0.15) is 27.2 Å². The molecule has 188 valence electrons. The van der Waals surface area contributed by atoms with Crippen LogP contribution in [0.2, 0.25) is 0 Å². The topological polar surface area (TPSA) is 87.4 Å². The number of amidine groups is 1. The van der Waals surface area contributed by atoms with Crippen molar-refractivity contribution < 1.29 is 9.53 Å². The minimum absolute atomic E-state index is 0.0156. The fraction of sp³-hybridized carbons (Fsp3) is 0.407. The van der Waals surface area contributed by atoms with Gasteiger partial charge in [0.05, 0.1) is 22.9 Å². The molecule has 5 rings (SSSR count). The summed E-state index contributed by atoms with van der Waals surface area (Å²) in [6.07, 6.45) is 20.5. The lowest BCUT2D eigenvalue weighted by atomic mass is 9.81. The molecule has 5 aliphatic rings. The summed E-state index contributed by atoms with van der Waals surface area (Å²) in [5, 5.41) is 6.28. The molecular formula is C27H29BrClN5O2. The van der Waals surface area contributed by atoms with Crippen molar-refractivity contribution in [2.75, 3.05) is 0 Å². The second-order valence-corrected chi connectivity index (χ2v) is 11.5. The number of fused-ring (bicyclic) bond motifs is 1. The number of halogens is 2. The molecule has 0 aromatic rings. The summed E-state index contributed by atoms with van der Waals surface area (Å²) in [6, 6.07) is -0.403. The number of hydrogen-bond acceptors (Lipinski definition) is 6. The third-order valence-electron chi connectivity index (χ3n) is 7.07. The van der Waals surface area contributed by atoms with Crippen molar-refractivity contribution in [2.24, 2.45) is 32.7 Å². The van der Waals surface area contributed by atoms with Crippen molar-refractivity contribution in [1.29, 1.82) is 0 Å². The van der Waals surface area contributed by atoms with Crippen LogP contribution < -0.4 is 10.6 Å². The first kappa shape index (κ1) is 25.0. The molecule has 0 saturated heterocycles. The Labute approximate surface area is 224 Å². The molecule has 0 aromatic heterocycles. The van der Waals surface area contributed by atoms with E-state index in [1.807, 2.05) is 62.5 Å². The number of nitrogens with one attached hydrogen (secondary N) is 2. The van der Waals surface area contributed by atoms with Crippen molar-refractivity contribution in [2.45, 2.75) is 50.2 Å².